The fourth-order valence-electron chi connectivity index (χ4n) is 2.61. The van der Waals surface area contributed by atoms with Gasteiger partial charge < -0.3 is 4.90 Å². The number of nitrogens with one attached hydrogen (secondary N) is 1. The normalized spacial score (nSPS) is 11.5. The molecule has 1 N–H and O–H groups in total. The molecule has 0 bridgehead atoms. The van der Waals surface area contributed by atoms with E-state index in [1.165, 1.54) is 40.5 Å². The zero-order valence-electron chi connectivity index (χ0n) is 15.0. The number of aromatic amines is 1. The molecule has 1 amide bonds. The minimum Gasteiger partial charge on any atom is -0.311 e. The molecule has 3 rings (SSSR count). The van der Waals surface area contributed by atoms with Crippen molar-refractivity contribution in [1.29, 1.82) is 0 Å². The van der Waals surface area contributed by atoms with E-state index in [1.54, 1.807) is 19.3 Å². The molecule has 0 unspecified atom stereocenters. The Morgan fingerprint density at radius 2 is 1.67 bits per heavy atom. The van der Waals surface area contributed by atoms with Gasteiger partial charge in [-0.05, 0) is 42.5 Å². The van der Waals surface area contributed by atoms with E-state index in [9.17, 15) is 13.2 Å². The van der Waals surface area contributed by atoms with Gasteiger partial charge in [-0.15, -0.1) is 0 Å². The van der Waals surface area contributed by atoms with Crippen LogP contribution in [-0.2, 0) is 16.6 Å². The van der Waals surface area contributed by atoms with Crippen molar-refractivity contribution in [2.45, 2.75) is 11.4 Å². The molecule has 140 valence electrons. The second-order valence-corrected chi connectivity index (χ2v) is 8.11. The summed E-state index contributed by atoms with van der Waals surface area (Å²) in [5.41, 5.74) is 1.87. The number of amides is 1. The number of anilines is 1. The fourth-order valence-corrected chi connectivity index (χ4v) is 3.76. The minimum atomic E-state index is -3.67. The number of rotatable bonds is 6. The summed E-state index contributed by atoms with van der Waals surface area (Å²) in [5.74, 6) is -0.212. The van der Waals surface area contributed by atoms with Crippen LogP contribution in [0.3, 0.4) is 0 Å². The highest BCUT2D eigenvalue weighted by Gasteiger charge is 2.22. The standard InChI is InChI=1S/C19H20N4O3S/c1-22(14-16-12-13-20-21-16)27(25,26)18-10-8-15(9-11-18)19(24)23(2)17-6-4-3-5-7-17/h3-13H,14H2,1-2H3,(H,20,21). The monoisotopic (exact) mass is 384 g/mol. The van der Waals surface area contributed by atoms with Gasteiger partial charge in [-0.3, -0.25) is 9.89 Å². The summed E-state index contributed by atoms with van der Waals surface area (Å²) >= 11 is 0. The highest BCUT2D eigenvalue weighted by atomic mass is 32.2. The molecule has 7 nitrogen and oxygen atoms in total. The van der Waals surface area contributed by atoms with Crippen LogP contribution in [0.25, 0.3) is 0 Å². The molecule has 8 heteroatoms. The van der Waals surface area contributed by atoms with Crippen LogP contribution in [0.15, 0.2) is 71.8 Å². The number of sulfonamides is 1. The molecule has 0 aliphatic rings. The van der Waals surface area contributed by atoms with Crippen molar-refractivity contribution >= 4 is 21.6 Å². The summed E-state index contributed by atoms with van der Waals surface area (Å²) in [6.07, 6.45) is 1.57. The Bertz CT molecular complexity index is 1000. The van der Waals surface area contributed by atoms with Gasteiger partial charge in [0.15, 0.2) is 0 Å². The minimum absolute atomic E-state index is 0.128. The van der Waals surface area contributed by atoms with E-state index in [4.69, 9.17) is 0 Å². The van der Waals surface area contributed by atoms with Crippen LogP contribution < -0.4 is 4.90 Å². The average molecular weight is 384 g/mol. The maximum atomic E-state index is 12.7. The van der Waals surface area contributed by atoms with Crippen molar-refractivity contribution in [2.75, 3.05) is 19.0 Å². The number of carbonyl (C=O) groups excluding carboxylic acids is 1. The van der Waals surface area contributed by atoms with E-state index in [0.717, 1.165) is 5.69 Å². The summed E-state index contributed by atoms with van der Waals surface area (Å²) in [6.45, 7) is 0.180. The lowest BCUT2D eigenvalue weighted by Crippen LogP contribution is -2.27. The zero-order chi connectivity index (χ0) is 19.4. The van der Waals surface area contributed by atoms with E-state index in [-0.39, 0.29) is 17.3 Å². The molecule has 3 aromatic rings. The lowest BCUT2D eigenvalue weighted by molar-refractivity contribution is 0.0993. The molecule has 0 spiro atoms. The molecule has 0 saturated heterocycles. The van der Waals surface area contributed by atoms with E-state index in [1.807, 2.05) is 30.3 Å². The first-order valence-electron chi connectivity index (χ1n) is 8.27. The van der Waals surface area contributed by atoms with Crippen LogP contribution in [0.2, 0.25) is 0 Å². The van der Waals surface area contributed by atoms with Crippen molar-refractivity contribution in [1.82, 2.24) is 14.5 Å². The van der Waals surface area contributed by atoms with Crippen LogP contribution in [-0.4, -0.2) is 42.9 Å². The van der Waals surface area contributed by atoms with Gasteiger partial charge >= 0.3 is 0 Å². The van der Waals surface area contributed by atoms with E-state index in [0.29, 0.717) is 11.3 Å². The number of hydrogen-bond donors (Lipinski definition) is 1. The Hall–Kier alpha value is -2.97. The molecule has 1 aromatic heterocycles. The summed E-state index contributed by atoms with van der Waals surface area (Å²) in [4.78, 5) is 14.3. The van der Waals surface area contributed by atoms with Gasteiger partial charge in [0, 0.05) is 31.5 Å². The molecule has 0 saturated carbocycles. The fraction of sp³-hybridized carbons (Fsp3) is 0.158. The average Bonchev–Trinajstić information content (AvgIpc) is 3.20. The maximum absolute atomic E-state index is 12.7. The summed E-state index contributed by atoms with van der Waals surface area (Å²) in [5, 5.41) is 6.55. The van der Waals surface area contributed by atoms with Gasteiger partial charge in [-0.2, -0.15) is 9.40 Å². The quantitative estimate of drug-likeness (QED) is 0.707. The molecule has 27 heavy (non-hydrogen) atoms. The Labute approximate surface area is 158 Å². The number of para-hydroxylation sites is 1. The number of H-pyrrole nitrogens is 1. The third-order valence-electron chi connectivity index (χ3n) is 4.21. The van der Waals surface area contributed by atoms with Crippen LogP contribution in [0.5, 0.6) is 0 Å². The summed E-state index contributed by atoms with van der Waals surface area (Å²) in [7, 11) is -0.490. The number of aromatic nitrogens is 2. The van der Waals surface area contributed by atoms with Gasteiger partial charge in [0.25, 0.3) is 5.91 Å². The van der Waals surface area contributed by atoms with Gasteiger partial charge in [0.05, 0.1) is 17.1 Å². The largest absolute Gasteiger partial charge is 0.311 e. The predicted octanol–water partition coefficient (Wildman–Crippen LogP) is 2.51. The lowest BCUT2D eigenvalue weighted by Gasteiger charge is -2.18. The third-order valence-corrected chi connectivity index (χ3v) is 6.03. The molecule has 0 radical (unpaired) electrons. The van der Waals surface area contributed by atoms with Gasteiger partial charge in [-0.1, -0.05) is 18.2 Å². The van der Waals surface area contributed by atoms with Crippen LogP contribution in [0.1, 0.15) is 16.1 Å². The highest BCUT2D eigenvalue weighted by molar-refractivity contribution is 7.89. The summed E-state index contributed by atoms with van der Waals surface area (Å²) < 4.78 is 26.6. The predicted molar refractivity (Wildman–Crippen MR) is 103 cm³/mol. The van der Waals surface area contributed by atoms with E-state index < -0.39 is 10.0 Å². The first-order valence-corrected chi connectivity index (χ1v) is 9.71. The second-order valence-electron chi connectivity index (χ2n) is 6.07. The first-order chi connectivity index (χ1) is 12.9. The van der Waals surface area contributed by atoms with Gasteiger partial charge in [0.1, 0.15) is 0 Å². The van der Waals surface area contributed by atoms with Crippen LogP contribution in [0, 0.1) is 0 Å². The van der Waals surface area contributed by atoms with Crippen molar-refractivity contribution in [3.8, 4) is 0 Å². The Morgan fingerprint density at radius 1 is 1.00 bits per heavy atom. The Morgan fingerprint density at radius 3 is 2.26 bits per heavy atom. The topological polar surface area (TPSA) is 86.4 Å². The second kappa shape index (κ2) is 7.73. The molecular weight excluding hydrogens is 364 g/mol. The van der Waals surface area contributed by atoms with E-state index in [2.05, 4.69) is 10.2 Å². The molecule has 0 aliphatic heterocycles. The number of carbonyl (C=O) groups is 1. The Kier molecular flexibility index (Phi) is 5.38. The number of hydrogen-bond acceptors (Lipinski definition) is 4. The summed E-state index contributed by atoms with van der Waals surface area (Å²) in [6, 6.07) is 16.9. The Balaban J connectivity index is 1.77. The van der Waals surface area contributed by atoms with Crippen LogP contribution in [0.4, 0.5) is 5.69 Å². The highest BCUT2D eigenvalue weighted by Crippen LogP contribution is 2.19. The smallest absolute Gasteiger partial charge is 0.258 e. The van der Waals surface area contributed by atoms with Crippen molar-refractivity contribution < 1.29 is 13.2 Å². The van der Waals surface area contributed by atoms with Crippen LogP contribution >= 0.6 is 0 Å². The third kappa shape index (κ3) is 4.07. The van der Waals surface area contributed by atoms with Crippen molar-refractivity contribution in [3.05, 3.63) is 78.1 Å². The molecule has 0 fully saturated rings. The molecule has 0 aliphatic carbocycles. The van der Waals surface area contributed by atoms with Crippen molar-refractivity contribution in [3.63, 3.8) is 0 Å². The molecule has 0 atom stereocenters. The zero-order valence-corrected chi connectivity index (χ0v) is 15.8. The molecular formula is C19H20N4O3S. The van der Waals surface area contributed by atoms with Gasteiger partial charge in [0.2, 0.25) is 10.0 Å². The maximum Gasteiger partial charge on any atom is 0.258 e. The van der Waals surface area contributed by atoms with E-state index >= 15 is 0 Å². The number of nitrogens with zero attached hydrogens (tertiary/aromatic N) is 3. The van der Waals surface area contributed by atoms with Gasteiger partial charge in [-0.25, -0.2) is 8.42 Å². The van der Waals surface area contributed by atoms with Crippen molar-refractivity contribution in [2.24, 2.45) is 0 Å². The molecule has 1 heterocycles. The first kappa shape index (κ1) is 18.8. The SMILES string of the molecule is CN(C(=O)c1ccc(S(=O)(=O)N(C)Cc2ccn[nH]2)cc1)c1ccccc1. The molecule has 2 aromatic carbocycles. The lowest BCUT2D eigenvalue weighted by atomic mass is 10.2. The number of benzene rings is 2.